The lowest BCUT2D eigenvalue weighted by Crippen LogP contribution is -2.50. The minimum atomic E-state index is 0.542. The molecule has 0 amide bonds. The maximum atomic E-state index is 2.62. The molecule has 1 aromatic rings. The molecule has 114 valence electrons. The van der Waals surface area contributed by atoms with Crippen LogP contribution in [0.1, 0.15) is 65.4 Å². The first-order chi connectivity index (χ1) is 9.74. The van der Waals surface area contributed by atoms with Crippen molar-refractivity contribution >= 4 is 0 Å². The molecule has 0 radical (unpaired) electrons. The first-order valence-corrected chi connectivity index (χ1v) is 8.50. The van der Waals surface area contributed by atoms with Gasteiger partial charge in [0.1, 0.15) is 0 Å². The minimum absolute atomic E-state index is 0.542. The highest BCUT2D eigenvalue weighted by molar-refractivity contribution is 5.25. The summed E-state index contributed by atoms with van der Waals surface area (Å²) in [4.78, 5) is 2.62. The Bertz CT molecular complexity index is 367. The quantitative estimate of drug-likeness (QED) is 0.670. The van der Waals surface area contributed by atoms with Gasteiger partial charge in [-0.05, 0) is 37.8 Å². The van der Waals surface area contributed by atoms with Crippen LogP contribution >= 0.6 is 0 Å². The standard InChI is InChI=1S/C15H21N.2C2H6/c1-12-14(13-7-4-3-5-8-13)11-16(2)15(12)9-6-10-15;2*1-2/h3-5,7-8,12,14H,6,9-11H2,1-2H3;2*1-2H3. The lowest BCUT2D eigenvalue weighted by atomic mass is 9.66. The maximum Gasteiger partial charge on any atom is 0.0238 e. The van der Waals surface area contributed by atoms with E-state index in [1.54, 1.807) is 0 Å². The molecular weight excluding hydrogens is 242 g/mol. The molecule has 1 saturated heterocycles. The summed E-state index contributed by atoms with van der Waals surface area (Å²) in [7, 11) is 2.32. The van der Waals surface area contributed by atoms with Gasteiger partial charge in [0, 0.05) is 18.0 Å². The lowest BCUT2D eigenvalue weighted by molar-refractivity contribution is 0.0457. The van der Waals surface area contributed by atoms with Crippen LogP contribution in [0.2, 0.25) is 0 Å². The van der Waals surface area contributed by atoms with E-state index in [2.05, 4.69) is 49.2 Å². The van der Waals surface area contributed by atoms with Crippen molar-refractivity contribution in [1.82, 2.24) is 4.90 Å². The summed E-state index contributed by atoms with van der Waals surface area (Å²) in [5.74, 6) is 1.56. The molecule has 1 nitrogen and oxygen atoms in total. The average molecular weight is 275 g/mol. The predicted molar refractivity (Wildman–Crippen MR) is 90.3 cm³/mol. The fraction of sp³-hybridized carbons (Fsp3) is 0.684. The van der Waals surface area contributed by atoms with Gasteiger partial charge in [0.25, 0.3) is 0 Å². The van der Waals surface area contributed by atoms with Gasteiger partial charge < -0.3 is 0 Å². The molecule has 3 rings (SSSR count). The van der Waals surface area contributed by atoms with Gasteiger partial charge in [-0.1, -0.05) is 65.0 Å². The molecule has 1 aliphatic carbocycles. The topological polar surface area (TPSA) is 3.24 Å². The summed E-state index contributed by atoms with van der Waals surface area (Å²) in [6, 6.07) is 11.1. The number of likely N-dealkylation sites (tertiary alicyclic amines) is 1. The molecule has 20 heavy (non-hydrogen) atoms. The van der Waals surface area contributed by atoms with Gasteiger partial charge >= 0.3 is 0 Å². The molecule has 2 fully saturated rings. The molecule has 0 bridgehead atoms. The smallest absolute Gasteiger partial charge is 0.0238 e. The van der Waals surface area contributed by atoms with E-state index in [9.17, 15) is 0 Å². The third-order valence-electron chi connectivity index (χ3n) is 5.13. The fourth-order valence-electron chi connectivity index (χ4n) is 3.83. The largest absolute Gasteiger partial charge is 0.300 e. The van der Waals surface area contributed by atoms with E-state index in [1.807, 2.05) is 27.7 Å². The third kappa shape index (κ3) is 2.93. The van der Waals surface area contributed by atoms with Gasteiger partial charge in [-0.2, -0.15) is 0 Å². The molecule has 0 N–H and O–H groups in total. The molecule has 1 aromatic carbocycles. The third-order valence-corrected chi connectivity index (χ3v) is 5.13. The fourth-order valence-corrected chi connectivity index (χ4v) is 3.83. The van der Waals surface area contributed by atoms with E-state index in [0.29, 0.717) is 5.54 Å². The first-order valence-electron chi connectivity index (χ1n) is 8.50. The predicted octanol–water partition coefficient (Wildman–Crippen LogP) is 5.33. The van der Waals surface area contributed by atoms with Crippen molar-refractivity contribution in [2.24, 2.45) is 5.92 Å². The van der Waals surface area contributed by atoms with E-state index in [1.165, 1.54) is 31.4 Å². The van der Waals surface area contributed by atoms with Crippen LogP contribution in [0.4, 0.5) is 0 Å². The van der Waals surface area contributed by atoms with E-state index < -0.39 is 0 Å². The molecule has 2 unspecified atom stereocenters. The van der Waals surface area contributed by atoms with Crippen LogP contribution in [-0.2, 0) is 0 Å². The zero-order valence-electron chi connectivity index (χ0n) is 14.3. The molecule has 2 atom stereocenters. The number of hydrogen-bond donors (Lipinski definition) is 0. The zero-order valence-corrected chi connectivity index (χ0v) is 14.3. The molecule has 1 spiro atoms. The van der Waals surface area contributed by atoms with Crippen LogP contribution in [0.15, 0.2) is 30.3 Å². The van der Waals surface area contributed by atoms with Crippen LogP contribution in [0.3, 0.4) is 0 Å². The van der Waals surface area contributed by atoms with Crippen LogP contribution in [0.25, 0.3) is 0 Å². The Kier molecular flexibility index (Phi) is 6.75. The highest BCUT2D eigenvalue weighted by Crippen LogP contribution is 2.53. The van der Waals surface area contributed by atoms with Gasteiger partial charge in [0.15, 0.2) is 0 Å². The van der Waals surface area contributed by atoms with Gasteiger partial charge in [-0.15, -0.1) is 0 Å². The van der Waals surface area contributed by atoms with Gasteiger partial charge in [-0.3, -0.25) is 4.90 Å². The Morgan fingerprint density at radius 1 is 1.00 bits per heavy atom. The van der Waals surface area contributed by atoms with Crippen molar-refractivity contribution in [2.45, 2.75) is 65.3 Å². The van der Waals surface area contributed by atoms with Gasteiger partial charge in [0.05, 0.1) is 0 Å². The summed E-state index contributed by atoms with van der Waals surface area (Å²) in [6.45, 7) is 11.7. The molecule has 1 aliphatic heterocycles. The number of likely N-dealkylation sites (N-methyl/N-ethyl adjacent to an activating group) is 1. The summed E-state index contributed by atoms with van der Waals surface area (Å²) in [5, 5.41) is 0. The average Bonchev–Trinajstić information content (AvgIpc) is 2.75. The number of benzene rings is 1. The van der Waals surface area contributed by atoms with Crippen molar-refractivity contribution in [1.29, 1.82) is 0 Å². The molecular formula is C19H33N. The van der Waals surface area contributed by atoms with Crippen molar-refractivity contribution in [3.8, 4) is 0 Å². The Morgan fingerprint density at radius 2 is 1.55 bits per heavy atom. The van der Waals surface area contributed by atoms with E-state index >= 15 is 0 Å². The SMILES string of the molecule is CC.CC.CC1C(c2ccccc2)CN(C)C12CCC2. The molecule has 1 heteroatoms. The van der Waals surface area contributed by atoms with Crippen LogP contribution in [-0.4, -0.2) is 24.0 Å². The summed E-state index contributed by atoms with van der Waals surface area (Å²) < 4.78 is 0. The van der Waals surface area contributed by atoms with Gasteiger partial charge in [0.2, 0.25) is 0 Å². The normalized spacial score (nSPS) is 26.9. The van der Waals surface area contributed by atoms with E-state index in [0.717, 1.165) is 11.8 Å². The van der Waals surface area contributed by atoms with E-state index in [-0.39, 0.29) is 0 Å². The van der Waals surface area contributed by atoms with Crippen molar-refractivity contribution in [3.05, 3.63) is 35.9 Å². The summed E-state index contributed by atoms with van der Waals surface area (Å²) in [6.07, 6.45) is 4.25. The minimum Gasteiger partial charge on any atom is -0.300 e. The van der Waals surface area contributed by atoms with Crippen LogP contribution in [0.5, 0.6) is 0 Å². The Hall–Kier alpha value is -0.820. The summed E-state index contributed by atoms with van der Waals surface area (Å²) >= 11 is 0. The number of nitrogens with zero attached hydrogens (tertiary/aromatic N) is 1. The van der Waals surface area contributed by atoms with Crippen molar-refractivity contribution < 1.29 is 0 Å². The monoisotopic (exact) mass is 275 g/mol. The molecule has 2 aliphatic rings. The Balaban J connectivity index is 0.000000461. The Labute approximate surface area is 126 Å². The Morgan fingerprint density at radius 3 is 1.95 bits per heavy atom. The second kappa shape index (κ2) is 7.83. The number of hydrogen-bond acceptors (Lipinski definition) is 1. The second-order valence-corrected chi connectivity index (χ2v) is 5.64. The van der Waals surface area contributed by atoms with Gasteiger partial charge in [-0.25, -0.2) is 0 Å². The van der Waals surface area contributed by atoms with Crippen molar-refractivity contribution in [3.63, 3.8) is 0 Å². The first kappa shape index (κ1) is 17.2. The maximum absolute atomic E-state index is 2.62. The zero-order chi connectivity index (χ0) is 15.2. The molecule has 0 aromatic heterocycles. The highest BCUT2D eigenvalue weighted by Gasteiger charge is 2.53. The highest BCUT2D eigenvalue weighted by atomic mass is 15.2. The molecule has 1 saturated carbocycles. The lowest BCUT2D eigenvalue weighted by Gasteiger charge is -2.47. The van der Waals surface area contributed by atoms with Crippen LogP contribution in [0, 0.1) is 5.92 Å². The summed E-state index contributed by atoms with van der Waals surface area (Å²) in [5.41, 5.74) is 2.08. The molecule has 1 heterocycles. The van der Waals surface area contributed by atoms with Crippen molar-refractivity contribution in [2.75, 3.05) is 13.6 Å². The second-order valence-electron chi connectivity index (χ2n) is 5.64. The van der Waals surface area contributed by atoms with Crippen LogP contribution < -0.4 is 0 Å². The number of rotatable bonds is 1. The van der Waals surface area contributed by atoms with E-state index in [4.69, 9.17) is 0 Å².